The quantitative estimate of drug-likeness (QED) is 0.761. The molecule has 1 aromatic rings. The maximum absolute atomic E-state index is 11.5. The molecule has 0 aliphatic carbocycles. The second-order valence-electron chi connectivity index (χ2n) is 4.06. The average Bonchev–Trinajstić information content (AvgIpc) is 2.19. The topological polar surface area (TPSA) is 78.9 Å². The van der Waals surface area contributed by atoms with Crippen molar-refractivity contribution in [1.29, 1.82) is 5.26 Å². The van der Waals surface area contributed by atoms with Gasteiger partial charge in [-0.3, -0.25) is 4.79 Å². The fourth-order valence-electron chi connectivity index (χ4n) is 1.32. The van der Waals surface area contributed by atoms with Crippen molar-refractivity contribution in [2.24, 2.45) is 5.92 Å². The van der Waals surface area contributed by atoms with Crippen LogP contribution < -0.4 is 11.1 Å². The van der Waals surface area contributed by atoms with Crippen LogP contribution in [0.5, 0.6) is 0 Å². The number of benzene rings is 1. The summed E-state index contributed by atoms with van der Waals surface area (Å²) in [4.78, 5) is 11.5. The first-order valence-electron chi connectivity index (χ1n) is 5.12. The van der Waals surface area contributed by atoms with E-state index in [-0.39, 0.29) is 5.91 Å². The molecule has 1 rings (SSSR count). The number of anilines is 2. The summed E-state index contributed by atoms with van der Waals surface area (Å²) in [6.45, 7) is 3.95. The number of nitriles is 1. The summed E-state index contributed by atoms with van der Waals surface area (Å²) in [6, 6.07) is 6.81. The molecular weight excluding hydrogens is 202 g/mol. The van der Waals surface area contributed by atoms with Crippen molar-refractivity contribution >= 4 is 17.3 Å². The number of carbonyl (C=O) groups is 1. The zero-order valence-electron chi connectivity index (χ0n) is 9.45. The van der Waals surface area contributed by atoms with Crippen LogP contribution in [0.2, 0.25) is 0 Å². The summed E-state index contributed by atoms with van der Waals surface area (Å²) in [5.41, 5.74) is 7.17. The van der Waals surface area contributed by atoms with Crippen LogP contribution >= 0.6 is 0 Å². The molecule has 0 aliphatic heterocycles. The molecule has 4 nitrogen and oxygen atoms in total. The van der Waals surface area contributed by atoms with Crippen molar-refractivity contribution in [2.45, 2.75) is 20.3 Å². The van der Waals surface area contributed by atoms with E-state index < -0.39 is 0 Å². The Morgan fingerprint density at radius 2 is 2.25 bits per heavy atom. The van der Waals surface area contributed by atoms with Gasteiger partial charge < -0.3 is 11.1 Å². The number of rotatable bonds is 3. The molecule has 4 heteroatoms. The van der Waals surface area contributed by atoms with Crippen LogP contribution in [0.1, 0.15) is 25.8 Å². The first kappa shape index (κ1) is 12.1. The fraction of sp³-hybridized carbons (Fsp3) is 0.333. The van der Waals surface area contributed by atoms with Gasteiger partial charge in [-0.05, 0) is 24.1 Å². The summed E-state index contributed by atoms with van der Waals surface area (Å²) in [5, 5.41) is 11.4. The minimum absolute atomic E-state index is 0.0635. The Bertz CT molecular complexity index is 432. The Kier molecular flexibility index (Phi) is 3.90. The Hall–Kier alpha value is -2.02. The predicted molar refractivity (Wildman–Crippen MR) is 63.7 cm³/mol. The van der Waals surface area contributed by atoms with Gasteiger partial charge in [0.1, 0.15) is 0 Å². The molecule has 0 aromatic heterocycles. The van der Waals surface area contributed by atoms with Crippen LogP contribution in [0.15, 0.2) is 18.2 Å². The Morgan fingerprint density at radius 1 is 1.56 bits per heavy atom. The van der Waals surface area contributed by atoms with Gasteiger partial charge in [-0.15, -0.1) is 0 Å². The van der Waals surface area contributed by atoms with Crippen LogP contribution in [0.3, 0.4) is 0 Å². The van der Waals surface area contributed by atoms with Crippen molar-refractivity contribution in [3.05, 3.63) is 23.8 Å². The van der Waals surface area contributed by atoms with Gasteiger partial charge in [0, 0.05) is 6.42 Å². The number of nitrogens with zero attached hydrogens (tertiary/aromatic N) is 1. The normalized spacial score (nSPS) is 9.88. The van der Waals surface area contributed by atoms with Crippen LogP contribution in [0, 0.1) is 17.2 Å². The summed E-state index contributed by atoms with van der Waals surface area (Å²) in [6.07, 6.45) is 0.458. The van der Waals surface area contributed by atoms with Gasteiger partial charge in [0.15, 0.2) is 0 Å². The van der Waals surface area contributed by atoms with Crippen LogP contribution in [-0.2, 0) is 4.79 Å². The molecule has 0 bridgehead atoms. The van der Waals surface area contributed by atoms with E-state index in [1.165, 1.54) is 0 Å². The molecule has 84 valence electrons. The average molecular weight is 217 g/mol. The molecule has 0 radical (unpaired) electrons. The van der Waals surface area contributed by atoms with Crippen LogP contribution in [-0.4, -0.2) is 5.91 Å². The summed E-state index contributed by atoms with van der Waals surface area (Å²) < 4.78 is 0. The highest BCUT2D eigenvalue weighted by Gasteiger charge is 2.07. The highest BCUT2D eigenvalue weighted by Crippen LogP contribution is 2.20. The zero-order valence-corrected chi connectivity index (χ0v) is 9.45. The Labute approximate surface area is 95.1 Å². The standard InChI is InChI=1S/C12H15N3O/c1-8(2)5-12(16)15-11-4-3-9(7-13)6-10(11)14/h3-4,6,8H,5,14H2,1-2H3,(H,15,16). The molecule has 0 unspecified atom stereocenters. The first-order chi connectivity index (χ1) is 7.52. The third-order valence-corrected chi connectivity index (χ3v) is 2.05. The molecule has 3 N–H and O–H groups in total. The molecule has 0 fully saturated rings. The van der Waals surface area contributed by atoms with E-state index in [4.69, 9.17) is 11.0 Å². The second kappa shape index (κ2) is 5.17. The summed E-state index contributed by atoms with van der Waals surface area (Å²) in [7, 11) is 0. The lowest BCUT2D eigenvalue weighted by Gasteiger charge is -2.09. The highest BCUT2D eigenvalue weighted by atomic mass is 16.1. The van der Waals surface area contributed by atoms with Crippen molar-refractivity contribution in [3.8, 4) is 6.07 Å². The molecule has 0 aliphatic rings. The van der Waals surface area contributed by atoms with Gasteiger partial charge in [-0.1, -0.05) is 13.8 Å². The molecule has 1 amide bonds. The van der Waals surface area contributed by atoms with E-state index in [0.29, 0.717) is 29.3 Å². The van der Waals surface area contributed by atoms with E-state index >= 15 is 0 Å². The number of nitrogens with two attached hydrogens (primary N) is 1. The highest BCUT2D eigenvalue weighted by molar-refractivity contribution is 5.94. The van der Waals surface area contributed by atoms with Crippen molar-refractivity contribution in [3.63, 3.8) is 0 Å². The largest absolute Gasteiger partial charge is 0.397 e. The molecule has 16 heavy (non-hydrogen) atoms. The maximum Gasteiger partial charge on any atom is 0.224 e. The molecule has 0 saturated heterocycles. The molecule has 0 heterocycles. The minimum atomic E-state index is -0.0635. The lowest BCUT2D eigenvalue weighted by molar-refractivity contribution is -0.116. The first-order valence-corrected chi connectivity index (χ1v) is 5.12. The van der Waals surface area contributed by atoms with Gasteiger partial charge >= 0.3 is 0 Å². The summed E-state index contributed by atoms with van der Waals surface area (Å²) in [5.74, 6) is 0.242. The fourth-order valence-corrected chi connectivity index (χ4v) is 1.32. The number of amides is 1. The van der Waals surface area contributed by atoms with Gasteiger partial charge in [-0.2, -0.15) is 5.26 Å². The van der Waals surface area contributed by atoms with E-state index in [0.717, 1.165) is 0 Å². The lowest BCUT2D eigenvalue weighted by Crippen LogP contribution is -2.14. The minimum Gasteiger partial charge on any atom is -0.397 e. The van der Waals surface area contributed by atoms with Gasteiger partial charge in [-0.25, -0.2) is 0 Å². The molecule has 1 aromatic carbocycles. The lowest BCUT2D eigenvalue weighted by atomic mass is 10.1. The Balaban J connectivity index is 2.75. The van der Waals surface area contributed by atoms with E-state index in [1.54, 1.807) is 18.2 Å². The number of hydrogen-bond donors (Lipinski definition) is 2. The summed E-state index contributed by atoms with van der Waals surface area (Å²) >= 11 is 0. The Morgan fingerprint density at radius 3 is 2.75 bits per heavy atom. The molecule has 0 spiro atoms. The van der Waals surface area contributed by atoms with Crippen LogP contribution in [0.4, 0.5) is 11.4 Å². The third kappa shape index (κ3) is 3.28. The van der Waals surface area contributed by atoms with Gasteiger partial charge in [0.2, 0.25) is 5.91 Å². The van der Waals surface area contributed by atoms with Crippen molar-refractivity contribution in [2.75, 3.05) is 11.1 Å². The maximum atomic E-state index is 11.5. The number of carbonyl (C=O) groups excluding carboxylic acids is 1. The molecular formula is C12H15N3O. The van der Waals surface area contributed by atoms with Gasteiger partial charge in [0.25, 0.3) is 0 Å². The molecule has 0 saturated carbocycles. The smallest absolute Gasteiger partial charge is 0.224 e. The van der Waals surface area contributed by atoms with E-state index in [9.17, 15) is 4.79 Å². The van der Waals surface area contributed by atoms with E-state index in [2.05, 4.69) is 5.32 Å². The van der Waals surface area contributed by atoms with Crippen molar-refractivity contribution in [1.82, 2.24) is 0 Å². The number of nitrogen functional groups attached to an aromatic ring is 1. The number of hydrogen-bond acceptors (Lipinski definition) is 3. The second-order valence-corrected chi connectivity index (χ2v) is 4.06. The monoisotopic (exact) mass is 217 g/mol. The predicted octanol–water partition coefficient (Wildman–Crippen LogP) is 2.13. The van der Waals surface area contributed by atoms with E-state index in [1.807, 2.05) is 19.9 Å². The third-order valence-electron chi connectivity index (χ3n) is 2.05. The van der Waals surface area contributed by atoms with Crippen LogP contribution in [0.25, 0.3) is 0 Å². The molecule has 0 atom stereocenters. The zero-order chi connectivity index (χ0) is 12.1. The SMILES string of the molecule is CC(C)CC(=O)Nc1ccc(C#N)cc1N. The number of nitrogens with one attached hydrogen (secondary N) is 1. The van der Waals surface area contributed by atoms with Crippen molar-refractivity contribution < 1.29 is 4.79 Å². The van der Waals surface area contributed by atoms with Gasteiger partial charge in [0.05, 0.1) is 23.0 Å².